The van der Waals surface area contributed by atoms with Crippen molar-refractivity contribution in [2.24, 2.45) is 46.4 Å². The summed E-state index contributed by atoms with van der Waals surface area (Å²) >= 11 is 0. The molecule has 0 aliphatic rings. The summed E-state index contributed by atoms with van der Waals surface area (Å²) in [5.41, 5.74) is 15.3. The Morgan fingerprint density at radius 1 is 1.03 bits per heavy atom. The minimum Gasteiger partial charge on any atom is -0.330 e. The van der Waals surface area contributed by atoms with Gasteiger partial charge in [0.2, 0.25) is 11.8 Å². The number of rotatable bonds is 16. The normalized spacial score (nSPS) is 15.9. The van der Waals surface area contributed by atoms with Crippen molar-refractivity contribution in [1.29, 1.82) is 0 Å². The zero-order valence-electron chi connectivity index (χ0n) is 22.1. The predicted molar refractivity (Wildman–Crippen MR) is 142 cm³/mol. The van der Waals surface area contributed by atoms with Crippen LogP contribution in [0.25, 0.3) is 6.08 Å². The fourth-order valence-electron chi connectivity index (χ4n) is 4.96. The highest BCUT2D eigenvalue weighted by atomic mass is 16.5. The van der Waals surface area contributed by atoms with E-state index in [4.69, 9.17) is 17.3 Å². The van der Waals surface area contributed by atoms with Crippen molar-refractivity contribution in [1.82, 2.24) is 10.9 Å². The molecule has 9 nitrogen and oxygen atoms in total. The first-order valence-electron chi connectivity index (χ1n) is 12.7. The minimum absolute atomic E-state index is 0.00414. The second-order valence-corrected chi connectivity index (χ2v) is 10.3. The van der Waals surface area contributed by atoms with Crippen LogP contribution in [0.15, 0.2) is 36.4 Å². The van der Waals surface area contributed by atoms with E-state index in [0.717, 1.165) is 5.56 Å². The van der Waals surface area contributed by atoms with Crippen LogP contribution in [-0.4, -0.2) is 35.4 Å². The number of hydrogen-bond donors (Lipinski definition) is 6. The molecule has 202 valence electrons. The Morgan fingerprint density at radius 3 is 2.17 bits per heavy atom. The Morgan fingerprint density at radius 2 is 1.67 bits per heavy atom. The number of hydrogen-bond acceptors (Lipinski definition) is 7. The number of nitrogens with one attached hydrogen (secondary N) is 2. The highest BCUT2D eigenvalue weighted by Crippen LogP contribution is 2.45. The molecule has 9 heteroatoms. The molecule has 0 aliphatic heterocycles. The number of Topliss-reactive ketones (excluding diaryl/α,β-unsaturated/α-hetero) is 1. The second-order valence-electron chi connectivity index (χ2n) is 10.3. The number of unbranched alkanes of at least 4 members (excludes halogenated alkanes) is 1. The molecule has 9 N–H and O–H groups in total. The van der Waals surface area contributed by atoms with Crippen LogP contribution in [0.4, 0.5) is 0 Å². The lowest BCUT2D eigenvalue weighted by molar-refractivity contribution is -0.151. The van der Waals surface area contributed by atoms with Gasteiger partial charge in [0, 0.05) is 0 Å². The van der Waals surface area contributed by atoms with E-state index in [-0.39, 0.29) is 30.5 Å². The van der Waals surface area contributed by atoms with E-state index in [1.165, 1.54) is 0 Å². The molecule has 1 rings (SSSR count). The number of allylic oxidation sites excluding steroid dienone is 1. The van der Waals surface area contributed by atoms with Crippen LogP contribution < -0.4 is 28.2 Å². The first kappa shape index (κ1) is 31.4. The molecule has 0 saturated carbocycles. The summed E-state index contributed by atoms with van der Waals surface area (Å²) in [6.07, 6.45) is 5.74. The highest BCUT2D eigenvalue weighted by molar-refractivity contribution is 5.99. The molecular formula is C27H45N5O4. The van der Waals surface area contributed by atoms with Crippen LogP contribution in [0.1, 0.15) is 65.4 Å². The van der Waals surface area contributed by atoms with Gasteiger partial charge < -0.3 is 11.5 Å². The summed E-state index contributed by atoms with van der Waals surface area (Å²) in [6, 6.07) is 8.48. The molecule has 1 unspecified atom stereocenters. The van der Waals surface area contributed by atoms with Crippen LogP contribution in [0, 0.1) is 29.1 Å². The topological polar surface area (TPSA) is 174 Å². The Bertz CT molecular complexity index is 859. The maximum Gasteiger partial charge on any atom is 0.248 e. The molecule has 0 aromatic heterocycles. The fraction of sp³-hybridized carbons (Fsp3) is 0.593. The minimum atomic E-state index is -1.48. The van der Waals surface area contributed by atoms with Crippen LogP contribution in [-0.2, 0) is 14.4 Å². The summed E-state index contributed by atoms with van der Waals surface area (Å²) in [4.78, 5) is 40.6. The number of benzene rings is 1. The molecule has 0 heterocycles. The van der Waals surface area contributed by atoms with Crippen molar-refractivity contribution in [3.05, 3.63) is 42.0 Å². The second kappa shape index (κ2) is 15.5. The molecule has 0 bridgehead atoms. The largest absolute Gasteiger partial charge is 0.330 e. The molecule has 36 heavy (non-hydrogen) atoms. The van der Waals surface area contributed by atoms with Crippen LogP contribution >= 0.6 is 0 Å². The Labute approximate surface area is 215 Å². The van der Waals surface area contributed by atoms with Crippen LogP contribution in [0.3, 0.4) is 0 Å². The van der Waals surface area contributed by atoms with Crippen molar-refractivity contribution >= 4 is 23.7 Å². The standard InChI is InChI=1S/C27H45N5O4/c1-18(2)16-21(25(34)31-30)23(26(35)32-36)27(17-19(3)4,14-13-20-10-6-5-7-11-20)24(33)22(29)12-8-9-15-28/h5-7,10-11,13-14,18-19,21-23,36H,8-9,12,15-17,28-30H2,1-4H3,(H,31,34)(H,32,35)/b14-13+/t21-,22-,23-,27?/m1/s1. The first-order valence-corrected chi connectivity index (χ1v) is 12.7. The van der Waals surface area contributed by atoms with Gasteiger partial charge in [-0.3, -0.25) is 25.0 Å². The number of carbonyl (C=O) groups is 3. The predicted octanol–water partition coefficient (Wildman–Crippen LogP) is 2.53. The molecule has 0 aliphatic carbocycles. The van der Waals surface area contributed by atoms with E-state index < -0.39 is 35.1 Å². The zero-order chi connectivity index (χ0) is 27.3. The number of ketones is 1. The number of hydroxylamine groups is 1. The van der Waals surface area contributed by atoms with Gasteiger partial charge in [-0.05, 0) is 49.6 Å². The van der Waals surface area contributed by atoms with Gasteiger partial charge in [0.25, 0.3) is 0 Å². The molecule has 1 aromatic carbocycles. The Balaban J connectivity index is 3.88. The van der Waals surface area contributed by atoms with Gasteiger partial charge in [-0.2, -0.15) is 0 Å². The lowest BCUT2D eigenvalue weighted by Crippen LogP contribution is -2.56. The van der Waals surface area contributed by atoms with Gasteiger partial charge in [0.05, 0.1) is 23.3 Å². The SMILES string of the molecule is CC(C)C[C@@H](C(=O)NN)[C@H](C(=O)NO)C(/C=C/c1ccccc1)(CC(C)C)C(=O)[C@H](N)CCCCN. The molecule has 2 amide bonds. The molecule has 0 fully saturated rings. The van der Waals surface area contributed by atoms with E-state index in [1.807, 2.05) is 58.0 Å². The summed E-state index contributed by atoms with van der Waals surface area (Å²) in [7, 11) is 0. The molecule has 0 spiro atoms. The molecule has 0 saturated heterocycles. The van der Waals surface area contributed by atoms with Crippen molar-refractivity contribution in [3.63, 3.8) is 0 Å². The summed E-state index contributed by atoms with van der Waals surface area (Å²) in [5, 5.41) is 9.78. The quantitative estimate of drug-likeness (QED) is 0.0660. The first-order chi connectivity index (χ1) is 17.0. The molecule has 0 radical (unpaired) electrons. The number of hydrazine groups is 1. The van der Waals surface area contributed by atoms with Gasteiger partial charge in [-0.1, -0.05) is 76.6 Å². The van der Waals surface area contributed by atoms with E-state index in [2.05, 4.69) is 5.43 Å². The number of carbonyl (C=O) groups excluding carboxylic acids is 3. The van der Waals surface area contributed by atoms with Gasteiger partial charge in [0.15, 0.2) is 5.78 Å². The molecule has 1 aromatic rings. The average molecular weight is 504 g/mol. The van der Waals surface area contributed by atoms with Gasteiger partial charge in [-0.25, -0.2) is 11.3 Å². The van der Waals surface area contributed by atoms with Gasteiger partial charge in [0.1, 0.15) is 0 Å². The highest BCUT2D eigenvalue weighted by Gasteiger charge is 2.53. The molecular weight excluding hydrogens is 458 g/mol. The lowest BCUT2D eigenvalue weighted by atomic mass is 9.59. The van der Waals surface area contributed by atoms with E-state index in [1.54, 1.807) is 17.6 Å². The van der Waals surface area contributed by atoms with Crippen molar-refractivity contribution in [2.45, 2.75) is 65.8 Å². The Hall–Kier alpha value is -2.59. The third-order valence-corrected chi connectivity index (χ3v) is 6.44. The third kappa shape index (κ3) is 8.81. The maximum absolute atomic E-state index is 14.2. The molecule has 4 atom stereocenters. The maximum atomic E-state index is 14.2. The summed E-state index contributed by atoms with van der Waals surface area (Å²) < 4.78 is 0. The van der Waals surface area contributed by atoms with Gasteiger partial charge in [-0.15, -0.1) is 0 Å². The summed E-state index contributed by atoms with van der Waals surface area (Å²) in [5.74, 6) is 1.49. The Kier molecular flexibility index (Phi) is 13.5. The van der Waals surface area contributed by atoms with E-state index in [0.29, 0.717) is 25.8 Å². The zero-order valence-corrected chi connectivity index (χ0v) is 22.1. The van der Waals surface area contributed by atoms with Gasteiger partial charge >= 0.3 is 0 Å². The summed E-state index contributed by atoms with van der Waals surface area (Å²) in [6.45, 7) is 8.18. The van der Waals surface area contributed by atoms with Crippen LogP contribution in [0.5, 0.6) is 0 Å². The smallest absolute Gasteiger partial charge is 0.248 e. The van der Waals surface area contributed by atoms with Crippen LogP contribution in [0.2, 0.25) is 0 Å². The van der Waals surface area contributed by atoms with E-state index >= 15 is 0 Å². The third-order valence-electron chi connectivity index (χ3n) is 6.44. The number of amides is 2. The number of nitrogens with two attached hydrogens (primary N) is 3. The average Bonchev–Trinajstić information content (AvgIpc) is 2.85. The fourth-order valence-corrected chi connectivity index (χ4v) is 4.96. The lowest BCUT2D eigenvalue weighted by Gasteiger charge is -2.42. The van der Waals surface area contributed by atoms with E-state index in [9.17, 15) is 19.6 Å². The van der Waals surface area contributed by atoms with Crippen molar-refractivity contribution in [3.8, 4) is 0 Å². The monoisotopic (exact) mass is 503 g/mol. The van der Waals surface area contributed by atoms with Crippen molar-refractivity contribution < 1.29 is 19.6 Å². The van der Waals surface area contributed by atoms with Crippen molar-refractivity contribution in [2.75, 3.05) is 6.54 Å².